The van der Waals surface area contributed by atoms with Crippen LogP contribution in [0.2, 0.25) is 5.02 Å². The molecule has 2 atom stereocenters. The predicted molar refractivity (Wildman–Crippen MR) is 156 cm³/mol. The van der Waals surface area contributed by atoms with E-state index in [2.05, 4.69) is 32.8 Å². The second-order valence-corrected chi connectivity index (χ2v) is 11.0. The summed E-state index contributed by atoms with van der Waals surface area (Å²) in [7, 11) is 1.71. The van der Waals surface area contributed by atoms with Crippen molar-refractivity contribution in [3.8, 4) is 23.6 Å². The zero-order chi connectivity index (χ0) is 31.1. The summed E-state index contributed by atoms with van der Waals surface area (Å²) in [6.07, 6.45) is 0.509. The number of carbonyl (C=O) groups is 1. The summed E-state index contributed by atoms with van der Waals surface area (Å²) < 4.78 is 54.8. The van der Waals surface area contributed by atoms with Crippen molar-refractivity contribution in [2.45, 2.75) is 12.5 Å². The molecule has 0 bridgehead atoms. The number of benzene rings is 1. The number of aromatic amines is 1. The molecule has 0 spiro atoms. The quantitative estimate of drug-likeness (QED) is 0.298. The Morgan fingerprint density at radius 1 is 1.25 bits per heavy atom. The van der Waals surface area contributed by atoms with Gasteiger partial charge in [-0.25, -0.2) is 23.1 Å². The summed E-state index contributed by atoms with van der Waals surface area (Å²) in [5.74, 6) is -2.37. The Bertz CT molecular complexity index is 1800. The maximum atomic E-state index is 14.7. The van der Waals surface area contributed by atoms with Crippen LogP contribution in [0.3, 0.4) is 0 Å². The van der Waals surface area contributed by atoms with E-state index in [1.165, 1.54) is 24.5 Å². The number of likely N-dealkylation sites (N-methyl/N-ethyl adjacent to an activating group) is 1. The minimum atomic E-state index is -2.65. The number of piperazine rings is 1. The second-order valence-electron chi connectivity index (χ2n) is 10.6. The van der Waals surface area contributed by atoms with Gasteiger partial charge >= 0.3 is 0 Å². The molecule has 15 heteroatoms. The summed E-state index contributed by atoms with van der Waals surface area (Å²) in [4.78, 5) is 26.4. The molecule has 3 aromatic heterocycles. The molecule has 4 aromatic rings. The minimum Gasteiger partial charge on any atom is -0.471 e. The normalized spacial score (nSPS) is 19.1. The Kier molecular flexibility index (Phi) is 7.91. The van der Waals surface area contributed by atoms with E-state index in [1.807, 2.05) is 4.90 Å². The third-order valence-corrected chi connectivity index (χ3v) is 8.23. The van der Waals surface area contributed by atoms with Gasteiger partial charge in [0, 0.05) is 56.9 Å². The van der Waals surface area contributed by atoms with Gasteiger partial charge in [-0.05, 0) is 19.2 Å². The number of fused-ring (bicyclic) bond motifs is 2. The number of halogens is 4. The van der Waals surface area contributed by atoms with Gasteiger partial charge in [0.2, 0.25) is 24.1 Å². The first-order chi connectivity index (χ1) is 21.2. The van der Waals surface area contributed by atoms with Crippen molar-refractivity contribution in [1.82, 2.24) is 30.0 Å². The first kappa shape index (κ1) is 29.5. The number of nitrogens with zero attached hydrogens (tertiary/aromatic N) is 7. The third kappa shape index (κ3) is 5.22. The molecule has 2 aliphatic rings. The number of amides is 1. The van der Waals surface area contributed by atoms with Crippen molar-refractivity contribution >= 4 is 45.0 Å². The van der Waals surface area contributed by atoms with Crippen LogP contribution in [0.25, 0.3) is 21.8 Å². The molecule has 228 valence electrons. The van der Waals surface area contributed by atoms with Gasteiger partial charge in [-0.3, -0.25) is 9.89 Å². The SMILES string of the molecule is C=CC(=O)N1CCN(c2c(C#N)c(O[C@H]3CN(C)C[C@@H]3C(F)F)nc3c(Oc4c(Cl)c(F)cc5[nH]ncc45)nccc23)CC1. The number of pyridine rings is 2. The number of carbonyl (C=O) groups excluding carboxylic acids is 1. The lowest BCUT2D eigenvalue weighted by molar-refractivity contribution is -0.126. The summed E-state index contributed by atoms with van der Waals surface area (Å²) in [6.45, 7) is 5.26. The Balaban J connectivity index is 1.50. The second kappa shape index (κ2) is 11.8. The molecule has 2 saturated heterocycles. The highest BCUT2D eigenvalue weighted by molar-refractivity contribution is 6.33. The molecule has 44 heavy (non-hydrogen) atoms. The van der Waals surface area contributed by atoms with E-state index in [0.29, 0.717) is 48.2 Å². The largest absolute Gasteiger partial charge is 0.471 e. The van der Waals surface area contributed by atoms with E-state index >= 15 is 0 Å². The molecule has 1 aromatic carbocycles. The van der Waals surface area contributed by atoms with Crippen molar-refractivity contribution < 1.29 is 27.4 Å². The highest BCUT2D eigenvalue weighted by atomic mass is 35.5. The molecular formula is C29H26ClF3N8O3. The number of nitriles is 1. The van der Waals surface area contributed by atoms with E-state index < -0.39 is 24.3 Å². The van der Waals surface area contributed by atoms with Crippen LogP contribution in [0, 0.1) is 23.1 Å². The van der Waals surface area contributed by atoms with Crippen molar-refractivity contribution in [1.29, 1.82) is 5.26 Å². The van der Waals surface area contributed by atoms with Crippen LogP contribution in [0.1, 0.15) is 5.56 Å². The van der Waals surface area contributed by atoms with Crippen LogP contribution >= 0.6 is 11.6 Å². The maximum absolute atomic E-state index is 14.7. The van der Waals surface area contributed by atoms with Crippen LogP contribution in [0.5, 0.6) is 17.5 Å². The molecule has 1 amide bonds. The molecular weight excluding hydrogens is 601 g/mol. The molecule has 0 unspecified atom stereocenters. The van der Waals surface area contributed by atoms with Gasteiger partial charge in [-0.15, -0.1) is 0 Å². The van der Waals surface area contributed by atoms with Crippen LogP contribution in [0.15, 0.2) is 37.2 Å². The molecule has 6 rings (SSSR count). The standard InChI is InChI=1S/C29H26ClF3N8O3/c1-3-22(42)40-6-8-41(9-7-40)25-15-4-5-35-29(44-26-17-12-36-38-20(17)10-19(31)23(26)30)24(15)37-28(16(25)11-34)43-21-14-39(2)13-18(21)27(32)33/h3-5,10,12,18,21,27H,1,6-9,13-14H2,2H3,(H,36,38)/t18-,21-/m0/s1. The molecule has 11 nitrogen and oxygen atoms in total. The fraction of sp³-hybridized carbons (Fsp3) is 0.345. The van der Waals surface area contributed by atoms with Crippen molar-refractivity contribution in [2.24, 2.45) is 5.92 Å². The Morgan fingerprint density at radius 2 is 2.02 bits per heavy atom. The topological polar surface area (TPSA) is 124 Å². The molecule has 2 fully saturated rings. The van der Waals surface area contributed by atoms with Gasteiger partial charge in [0.1, 0.15) is 34.1 Å². The highest BCUT2D eigenvalue weighted by Crippen LogP contribution is 2.43. The first-order valence-electron chi connectivity index (χ1n) is 13.7. The number of hydrogen-bond acceptors (Lipinski definition) is 9. The Hall–Kier alpha value is -4.61. The van der Waals surface area contributed by atoms with Gasteiger partial charge in [-0.2, -0.15) is 10.4 Å². The van der Waals surface area contributed by atoms with E-state index in [-0.39, 0.29) is 52.6 Å². The van der Waals surface area contributed by atoms with Gasteiger partial charge in [0.15, 0.2) is 5.75 Å². The highest BCUT2D eigenvalue weighted by Gasteiger charge is 2.40. The number of nitrogens with one attached hydrogen (secondary N) is 1. The molecule has 0 saturated carbocycles. The zero-order valence-electron chi connectivity index (χ0n) is 23.4. The molecule has 5 heterocycles. The lowest BCUT2D eigenvalue weighted by atomic mass is 10.1. The molecule has 0 radical (unpaired) electrons. The first-order valence-corrected chi connectivity index (χ1v) is 14.1. The number of hydrogen-bond donors (Lipinski definition) is 1. The lowest BCUT2D eigenvalue weighted by Gasteiger charge is -2.36. The van der Waals surface area contributed by atoms with Gasteiger partial charge in [0.05, 0.1) is 28.7 Å². The predicted octanol–water partition coefficient (Wildman–Crippen LogP) is 4.37. The fourth-order valence-corrected chi connectivity index (χ4v) is 5.90. The van der Waals surface area contributed by atoms with E-state index in [1.54, 1.807) is 22.9 Å². The van der Waals surface area contributed by atoms with Crippen molar-refractivity contribution in [3.05, 3.63) is 53.6 Å². The van der Waals surface area contributed by atoms with Crippen LogP contribution < -0.4 is 14.4 Å². The maximum Gasteiger partial charge on any atom is 0.246 e. The number of ether oxygens (including phenoxy) is 2. The summed E-state index contributed by atoms with van der Waals surface area (Å²) in [5, 5.41) is 17.5. The number of anilines is 1. The number of aromatic nitrogens is 4. The lowest BCUT2D eigenvalue weighted by Crippen LogP contribution is -2.48. The number of H-pyrrole nitrogens is 1. The average Bonchev–Trinajstić information content (AvgIpc) is 3.64. The zero-order valence-corrected chi connectivity index (χ0v) is 24.2. The van der Waals surface area contributed by atoms with Crippen molar-refractivity contribution in [2.75, 3.05) is 51.2 Å². The number of rotatable bonds is 7. The summed E-state index contributed by atoms with van der Waals surface area (Å²) in [5.41, 5.74) is 0.936. The molecule has 0 aliphatic carbocycles. The third-order valence-electron chi connectivity index (χ3n) is 7.87. The van der Waals surface area contributed by atoms with Crippen LogP contribution in [-0.4, -0.2) is 94.7 Å². The smallest absolute Gasteiger partial charge is 0.246 e. The number of alkyl halides is 2. The van der Waals surface area contributed by atoms with Gasteiger partial charge in [0.25, 0.3) is 0 Å². The van der Waals surface area contributed by atoms with Crippen LogP contribution in [0.4, 0.5) is 18.9 Å². The number of likely N-dealkylation sites (tertiary alicyclic amines) is 1. The van der Waals surface area contributed by atoms with Crippen molar-refractivity contribution in [3.63, 3.8) is 0 Å². The molecule has 2 aliphatic heterocycles. The monoisotopic (exact) mass is 626 g/mol. The summed E-state index contributed by atoms with van der Waals surface area (Å²) in [6, 6.07) is 4.99. The van der Waals surface area contributed by atoms with Gasteiger partial charge in [-0.1, -0.05) is 18.2 Å². The molecule has 1 N–H and O–H groups in total. The van der Waals surface area contributed by atoms with E-state index in [9.17, 15) is 23.2 Å². The van der Waals surface area contributed by atoms with Gasteiger partial charge < -0.3 is 24.2 Å². The minimum absolute atomic E-state index is 0.0433. The fourth-order valence-electron chi connectivity index (χ4n) is 5.70. The summed E-state index contributed by atoms with van der Waals surface area (Å²) >= 11 is 6.31. The van der Waals surface area contributed by atoms with E-state index in [4.69, 9.17) is 21.1 Å². The van der Waals surface area contributed by atoms with E-state index in [0.717, 1.165) is 0 Å². The average molecular weight is 627 g/mol. The van der Waals surface area contributed by atoms with Crippen LogP contribution in [-0.2, 0) is 4.79 Å². The Labute approximate surface area is 254 Å². The Morgan fingerprint density at radius 3 is 2.73 bits per heavy atom.